The number of rotatable bonds is 5. The van der Waals surface area contributed by atoms with Gasteiger partial charge in [-0.2, -0.15) is 0 Å². The van der Waals surface area contributed by atoms with Crippen molar-refractivity contribution in [2.24, 2.45) is 23.2 Å². The Morgan fingerprint density at radius 2 is 1.62 bits per heavy atom. The summed E-state index contributed by atoms with van der Waals surface area (Å²) < 4.78 is 4.94. The van der Waals surface area contributed by atoms with Crippen molar-refractivity contribution in [3.63, 3.8) is 0 Å². The van der Waals surface area contributed by atoms with Gasteiger partial charge < -0.3 is 9.64 Å². The highest BCUT2D eigenvalue weighted by Crippen LogP contribution is 2.60. The third-order valence-corrected chi connectivity index (χ3v) is 5.80. The summed E-state index contributed by atoms with van der Waals surface area (Å²) in [6.07, 6.45) is 7.60. The standard InChI is InChI=1S/C17H27NO3/c1-3-21-15(19)4-5-18(2)16(20)17-9-12-6-13(10-17)8-14(7-12)11-17/h12-14H,3-11H2,1-2H3. The minimum Gasteiger partial charge on any atom is -0.466 e. The lowest BCUT2D eigenvalue weighted by molar-refractivity contribution is -0.157. The average Bonchev–Trinajstić information content (AvgIpc) is 2.43. The van der Waals surface area contributed by atoms with Crippen LogP contribution in [0.2, 0.25) is 0 Å². The summed E-state index contributed by atoms with van der Waals surface area (Å²) in [7, 11) is 1.85. The van der Waals surface area contributed by atoms with Crippen molar-refractivity contribution < 1.29 is 14.3 Å². The fourth-order valence-electron chi connectivity index (χ4n) is 5.37. The molecule has 0 aromatic carbocycles. The summed E-state index contributed by atoms with van der Waals surface area (Å²) in [5.74, 6) is 2.41. The highest BCUT2D eigenvalue weighted by molar-refractivity contribution is 5.83. The van der Waals surface area contributed by atoms with Crippen LogP contribution >= 0.6 is 0 Å². The van der Waals surface area contributed by atoms with Crippen LogP contribution in [0.1, 0.15) is 51.9 Å². The van der Waals surface area contributed by atoms with Gasteiger partial charge in [0.15, 0.2) is 0 Å². The lowest BCUT2D eigenvalue weighted by atomic mass is 9.49. The van der Waals surface area contributed by atoms with Crippen molar-refractivity contribution in [2.45, 2.75) is 51.9 Å². The molecule has 4 fully saturated rings. The topological polar surface area (TPSA) is 46.6 Å². The Morgan fingerprint density at radius 1 is 1.10 bits per heavy atom. The van der Waals surface area contributed by atoms with E-state index in [2.05, 4.69) is 0 Å². The molecule has 0 aliphatic heterocycles. The zero-order chi connectivity index (χ0) is 15.0. The number of hydrogen-bond acceptors (Lipinski definition) is 3. The quantitative estimate of drug-likeness (QED) is 0.732. The lowest BCUT2D eigenvalue weighted by Gasteiger charge is -2.56. The van der Waals surface area contributed by atoms with Gasteiger partial charge >= 0.3 is 5.97 Å². The van der Waals surface area contributed by atoms with Crippen LogP contribution in [-0.2, 0) is 14.3 Å². The first-order valence-corrected chi connectivity index (χ1v) is 8.43. The van der Waals surface area contributed by atoms with E-state index in [9.17, 15) is 9.59 Å². The van der Waals surface area contributed by atoms with E-state index < -0.39 is 0 Å². The van der Waals surface area contributed by atoms with Crippen LogP contribution in [0.4, 0.5) is 0 Å². The predicted molar refractivity (Wildman–Crippen MR) is 79.5 cm³/mol. The van der Waals surface area contributed by atoms with Crippen LogP contribution in [0.3, 0.4) is 0 Å². The fraction of sp³-hybridized carbons (Fsp3) is 0.882. The Hall–Kier alpha value is -1.06. The van der Waals surface area contributed by atoms with Crippen LogP contribution in [0.5, 0.6) is 0 Å². The molecule has 0 heterocycles. The molecule has 4 rings (SSSR count). The maximum Gasteiger partial charge on any atom is 0.307 e. The van der Waals surface area contributed by atoms with Crippen LogP contribution in [0.15, 0.2) is 0 Å². The van der Waals surface area contributed by atoms with E-state index in [0.717, 1.165) is 37.0 Å². The molecular weight excluding hydrogens is 266 g/mol. The molecule has 4 saturated carbocycles. The van der Waals surface area contributed by atoms with E-state index in [1.165, 1.54) is 19.3 Å². The van der Waals surface area contributed by atoms with Gasteiger partial charge in [-0.1, -0.05) is 0 Å². The minimum absolute atomic E-state index is 0.0990. The molecule has 0 spiro atoms. The Balaban J connectivity index is 1.60. The molecule has 0 unspecified atom stereocenters. The highest BCUT2D eigenvalue weighted by atomic mass is 16.5. The van der Waals surface area contributed by atoms with Gasteiger partial charge in [0.2, 0.25) is 5.91 Å². The molecular formula is C17H27NO3. The molecule has 0 aromatic heterocycles. The Bertz CT molecular complexity index is 396. The normalized spacial score (nSPS) is 36.6. The van der Waals surface area contributed by atoms with Gasteiger partial charge in [0.25, 0.3) is 0 Å². The summed E-state index contributed by atoms with van der Waals surface area (Å²) in [4.78, 5) is 26.2. The zero-order valence-corrected chi connectivity index (χ0v) is 13.3. The minimum atomic E-state index is -0.206. The molecule has 0 atom stereocenters. The van der Waals surface area contributed by atoms with E-state index in [1.807, 2.05) is 14.0 Å². The van der Waals surface area contributed by atoms with Gasteiger partial charge in [-0.05, 0) is 63.2 Å². The van der Waals surface area contributed by atoms with E-state index >= 15 is 0 Å². The number of hydrogen-bond donors (Lipinski definition) is 0. The summed E-state index contributed by atoms with van der Waals surface area (Å²) in [6.45, 7) is 2.70. The van der Waals surface area contributed by atoms with Crippen molar-refractivity contribution in [3.8, 4) is 0 Å². The number of carbonyl (C=O) groups excluding carboxylic acids is 2. The summed E-state index contributed by atoms with van der Waals surface area (Å²) in [5.41, 5.74) is -0.0990. The SMILES string of the molecule is CCOC(=O)CCN(C)C(=O)C12CC3CC(CC(C3)C1)C2. The second kappa shape index (κ2) is 5.62. The number of ether oxygens (including phenoxy) is 1. The zero-order valence-electron chi connectivity index (χ0n) is 13.3. The average molecular weight is 293 g/mol. The van der Waals surface area contributed by atoms with Gasteiger partial charge in [-0.25, -0.2) is 0 Å². The number of amides is 1. The largest absolute Gasteiger partial charge is 0.466 e. The van der Waals surface area contributed by atoms with Gasteiger partial charge in [-0.15, -0.1) is 0 Å². The van der Waals surface area contributed by atoms with E-state index in [4.69, 9.17) is 4.74 Å². The Labute approximate surface area is 127 Å². The van der Waals surface area contributed by atoms with E-state index in [1.54, 1.807) is 4.90 Å². The highest BCUT2D eigenvalue weighted by Gasteiger charge is 2.55. The molecule has 0 aromatic rings. The van der Waals surface area contributed by atoms with Crippen molar-refractivity contribution >= 4 is 11.9 Å². The van der Waals surface area contributed by atoms with Gasteiger partial charge in [0.1, 0.15) is 0 Å². The van der Waals surface area contributed by atoms with Crippen molar-refractivity contribution in [1.29, 1.82) is 0 Å². The number of carbonyl (C=O) groups is 2. The second-order valence-electron chi connectivity index (χ2n) is 7.48. The Morgan fingerprint density at radius 3 is 2.10 bits per heavy atom. The van der Waals surface area contributed by atoms with Gasteiger partial charge in [0, 0.05) is 13.6 Å². The maximum absolute atomic E-state index is 12.9. The summed E-state index contributed by atoms with van der Waals surface area (Å²) in [5, 5.41) is 0. The molecule has 0 saturated heterocycles. The first kappa shape index (κ1) is 14.9. The monoisotopic (exact) mass is 293 g/mol. The van der Waals surface area contributed by atoms with Crippen molar-refractivity contribution in [1.82, 2.24) is 4.90 Å². The van der Waals surface area contributed by atoms with Gasteiger partial charge in [0.05, 0.1) is 18.4 Å². The van der Waals surface area contributed by atoms with Crippen LogP contribution in [-0.4, -0.2) is 37.0 Å². The van der Waals surface area contributed by atoms with Crippen molar-refractivity contribution in [3.05, 3.63) is 0 Å². The summed E-state index contributed by atoms with van der Waals surface area (Å²) >= 11 is 0. The maximum atomic E-state index is 12.9. The molecule has 4 aliphatic rings. The molecule has 0 radical (unpaired) electrons. The molecule has 4 aliphatic carbocycles. The summed E-state index contributed by atoms with van der Waals surface area (Å²) in [6, 6.07) is 0. The molecule has 4 heteroatoms. The molecule has 1 amide bonds. The van der Waals surface area contributed by atoms with E-state index in [-0.39, 0.29) is 17.3 Å². The Kier molecular flexibility index (Phi) is 3.98. The molecule has 118 valence electrons. The number of nitrogens with zero attached hydrogens (tertiary/aromatic N) is 1. The second-order valence-corrected chi connectivity index (χ2v) is 7.48. The molecule has 0 N–H and O–H groups in total. The van der Waals surface area contributed by atoms with Gasteiger partial charge in [-0.3, -0.25) is 9.59 Å². The van der Waals surface area contributed by atoms with Crippen LogP contribution in [0.25, 0.3) is 0 Å². The van der Waals surface area contributed by atoms with Crippen LogP contribution in [0, 0.1) is 23.2 Å². The first-order chi connectivity index (χ1) is 10.0. The molecule has 4 bridgehead atoms. The van der Waals surface area contributed by atoms with Crippen molar-refractivity contribution in [2.75, 3.05) is 20.2 Å². The third kappa shape index (κ3) is 2.82. The third-order valence-electron chi connectivity index (χ3n) is 5.80. The van der Waals surface area contributed by atoms with Crippen LogP contribution < -0.4 is 0 Å². The smallest absolute Gasteiger partial charge is 0.307 e. The number of esters is 1. The fourth-order valence-corrected chi connectivity index (χ4v) is 5.37. The predicted octanol–water partition coefficient (Wildman–Crippen LogP) is 2.61. The molecule has 4 nitrogen and oxygen atoms in total. The van der Waals surface area contributed by atoms with E-state index in [0.29, 0.717) is 19.6 Å². The first-order valence-electron chi connectivity index (χ1n) is 8.43. The lowest BCUT2D eigenvalue weighted by Crippen LogP contribution is -2.54. The molecule has 21 heavy (non-hydrogen) atoms.